The van der Waals surface area contributed by atoms with Crippen LogP contribution in [0.5, 0.6) is 0 Å². The van der Waals surface area contributed by atoms with Crippen molar-refractivity contribution in [2.45, 2.75) is 58.4 Å². The molecule has 2 heteroatoms. The highest BCUT2D eigenvalue weighted by Crippen LogP contribution is 2.04. The maximum absolute atomic E-state index is 5.87. The predicted molar refractivity (Wildman–Crippen MR) is 57.8 cm³/mol. The van der Waals surface area contributed by atoms with Crippen molar-refractivity contribution < 1.29 is 4.74 Å². The summed E-state index contributed by atoms with van der Waals surface area (Å²) in [6, 6.07) is 0.253. The summed E-state index contributed by atoms with van der Waals surface area (Å²) in [4.78, 5) is 0. The van der Waals surface area contributed by atoms with Crippen LogP contribution >= 0.6 is 0 Å². The summed E-state index contributed by atoms with van der Waals surface area (Å²) in [5.41, 5.74) is 5.87. The average Bonchev–Trinajstić information content (AvgIpc) is 2.13. The average molecular weight is 187 g/mol. The molecule has 1 atom stereocenters. The van der Waals surface area contributed by atoms with E-state index in [0.717, 1.165) is 26.1 Å². The van der Waals surface area contributed by atoms with E-state index in [9.17, 15) is 0 Å². The fraction of sp³-hybridized carbons (Fsp3) is 1.00. The monoisotopic (exact) mass is 187 g/mol. The lowest BCUT2D eigenvalue weighted by atomic mass is 10.1. The quantitative estimate of drug-likeness (QED) is 0.563. The van der Waals surface area contributed by atoms with E-state index in [1.54, 1.807) is 0 Å². The third-order valence-electron chi connectivity index (χ3n) is 2.11. The molecule has 0 saturated heterocycles. The molecule has 13 heavy (non-hydrogen) atoms. The topological polar surface area (TPSA) is 35.2 Å². The lowest BCUT2D eigenvalue weighted by molar-refractivity contribution is 0.118. The maximum atomic E-state index is 5.87. The minimum Gasteiger partial charge on any atom is -0.380 e. The van der Waals surface area contributed by atoms with Crippen LogP contribution in [0.4, 0.5) is 0 Å². The summed E-state index contributed by atoms with van der Waals surface area (Å²) in [6.45, 7) is 5.93. The normalized spacial score (nSPS) is 13.2. The Labute approximate surface area is 82.8 Å². The molecule has 0 heterocycles. The Morgan fingerprint density at radius 1 is 1.08 bits per heavy atom. The Balaban J connectivity index is 3.05. The summed E-state index contributed by atoms with van der Waals surface area (Å²) in [6.07, 6.45) is 7.40. The van der Waals surface area contributed by atoms with Gasteiger partial charge in [0.25, 0.3) is 0 Å². The first-order valence-corrected chi connectivity index (χ1v) is 5.64. The Kier molecular flexibility index (Phi) is 9.94. The maximum Gasteiger partial charge on any atom is 0.0617 e. The Hall–Kier alpha value is -0.0800. The van der Waals surface area contributed by atoms with Gasteiger partial charge in [0.1, 0.15) is 0 Å². The van der Waals surface area contributed by atoms with Gasteiger partial charge < -0.3 is 10.5 Å². The number of nitrogens with two attached hydrogens (primary N) is 1. The standard InChI is InChI=1S/C11H25NO/c1-3-5-6-7-8-11(12)10-13-9-4-2/h11H,3-10,12H2,1-2H3. The predicted octanol–water partition coefficient (Wildman–Crippen LogP) is 2.71. The Morgan fingerprint density at radius 3 is 2.46 bits per heavy atom. The van der Waals surface area contributed by atoms with Gasteiger partial charge >= 0.3 is 0 Å². The van der Waals surface area contributed by atoms with Crippen molar-refractivity contribution in [1.82, 2.24) is 0 Å². The van der Waals surface area contributed by atoms with Crippen LogP contribution in [0.15, 0.2) is 0 Å². The summed E-state index contributed by atoms with van der Waals surface area (Å²) >= 11 is 0. The third kappa shape index (κ3) is 9.84. The first-order valence-electron chi connectivity index (χ1n) is 5.64. The number of hydrogen-bond donors (Lipinski definition) is 1. The molecule has 2 nitrogen and oxygen atoms in total. The van der Waals surface area contributed by atoms with Crippen LogP contribution in [0, 0.1) is 0 Å². The van der Waals surface area contributed by atoms with Gasteiger partial charge in [-0.2, -0.15) is 0 Å². The van der Waals surface area contributed by atoms with Gasteiger partial charge in [-0.3, -0.25) is 0 Å². The first kappa shape index (κ1) is 12.9. The van der Waals surface area contributed by atoms with E-state index in [1.165, 1.54) is 25.7 Å². The Morgan fingerprint density at radius 2 is 1.85 bits per heavy atom. The van der Waals surface area contributed by atoms with E-state index in [1.807, 2.05) is 0 Å². The third-order valence-corrected chi connectivity index (χ3v) is 2.11. The lowest BCUT2D eigenvalue weighted by Gasteiger charge is -2.11. The molecular formula is C11H25NO. The van der Waals surface area contributed by atoms with Crippen molar-refractivity contribution in [3.63, 3.8) is 0 Å². The van der Waals surface area contributed by atoms with Crippen molar-refractivity contribution in [2.24, 2.45) is 5.73 Å². The van der Waals surface area contributed by atoms with Gasteiger partial charge in [0.05, 0.1) is 6.61 Å². The molecule has 0 aromatic carbocycles. The molecule has 0 saturated carbocycles. The second kappa shape index (κ2) is 10.0. The van der Waals surface area contributed by atoms with Crippen molar-refractivity contribution >= 4 is 0 Å². The Bertz CT molecular complexity index is 96.1. The second-order valence-electron chi connectivity index (χ2n) is 3.68. The molecule has 0 spiro atoms. The van der Waals surface area contributed by atoms with E-state index in [4.69, 9.17) is 10.5 Å². The SMILES string of the molecule is CCCCCCC(N)COCCC. The number of unbranched alkanes of at least 4 members (excludes halogenated alkanes) is 3. The van der Waals surface area contributed by atoms with Gasteiger partial charge in [-0.15, -0.1) is 0 Å². The highest BCUT2D eigenvalue weighted by Gasteiger charge is 2.01. The van der Waals surface area contributed by atoms with Gasteiger partial charge in [-0.05, 0) is 12.8 Å². The zero-order valence-corrected chi connectivity index (χ0v) is 9.22. The summed E-state index contributed by atoms with van der Waals surface area (Å²) in [5.74, 6) is 0. The molecule has 0 aliphatic heterocycles. The molecule has 0 aromatic heterocycles. The molecule has 0 aromatic rings. The van der Waals surface area contributed by atoms with Crippen molar-refractivity contribution in [1.29, 1.82) is 0 Å². The van der Waals surface area contributed by atoms with Crippen LogP contribution in [0.3, 0.4) is 0 Å². The molecule has 0 aliphatic rings. The second-order valence-corrected chi connectivity index (χ2v) is 3.68. The lowest BCUT2D eigenvalue weighted by Crippen LogP contribution is -2.26. The number of hydrogen-bond acceptors (Lipinski definition) is 2. The molecule has 80 valence electrons. The number of rotatable bonds is 9. The van der Waals surface area contributed by atoms with E-state index in [2.05, 4.69) is 13.8 Å². The molecule has 0 rings (SSSR count). The summed E-state index contributed by atoms with van der Waals surface area (Å²) in [5, 5.41) is 0. The van der Waals surface area contributed by atoms with Gasteiger partial charge in [-0.1, -0.05) is 39.5 Å². The van der Waals surface area contributed by atoms with Gasteiger partial charge in [-0.25, -0.2) is 0 Å². The largest absolute Gasteiger partial charge is 0.380 e. The zero-order valence-electron chi connectivity index (χ0n) is 9.22. The highest BCUT2D eigenvalue weighted by molar-refractivity contribution is 4.59. The van der Waals surface area contributed by atoms with E-state index >= 15 is 0 Å². The summed E-state index contributed by atoms with van der Waals surface area (Å²) < 4.78 is 5.38. The molecule has 0 bridgehead atoms. The van der Waals surface area contributed by atoms with Crippen LogP contribution < -0.4 is 5.73 Å². The van der Waals surface area contributed by atoms with E-state index in [-0.39, 0.29) is 6.04 Å². The van der Waals surface area contributed by atoms with Gasteiger partial charge in [0.2, 0.25) is 0 Å². The zero-order chi connectivity index (χ0) is 9.94. The molecule has 2 N–H and O–H groups in total. The van der Waals surface area contributed by atoms with Gasteiger partial charge in [0, 0.05) is 12.6 Å². The number of ether oxygens (including phenoxy) is 1. The van der Waals surface area contributed by atoms with E-state index in [0.29, 0.717) is 0 Å². The van der Waals surface area contributed by atoms with Crippen molar-refractivity contribution in [2.75, 3.05) is 13.2 Å². The minimum absolute atomic E-state index is 0.253. The van der Waals surface area contributed by atoms with Crippen LogP contribution in [0.2, 0.25) is 0 Å². The fourth-order valence-corrected chi connectivity index (χ4v) is 1.30. The van der Waals surface area contributed by atoms with Crippen molar-refractivity contribution in [3.8, 4) is 0 Å². The molecule has 0 fully saturated rings. The molecule has 1 unspecified atom stereocenters. The smallest absolute Gasteiger partial charge is 0.0617 e. The molecular weight excluding hydrogens is 162 g/mol. The van der Waals surface area contributed by atoms with Crippen LogP contribution in [0.25, 0.3) is 0 Å². The van der Waals surface area contributed by atoms with Crippen molar-refractivity contribution in [3.05, 3.63) is 0 Å². The van der Waals surface area contributed by atoms with E-state index < -0.39 is 0 Å². The van der Waals surface area contributed by atoms with Crippen LogP contribution in [0.1, 0.15) is 52.4 Å². The molecule has 0 aliphatic carbocycles. The van der Waals surface area contributed by atoms with Crippen LogP contribution in [-0.4, -0.2) is 19.3 Å². The molecule has 0 amide bonds. The highest BCUT2D eigenvalue weighted by atomic mass is 16.5. The minimum atomic E-state index is 0.253. The molecule has 0 radical (unpaired) electrons. The summed E-state index contributed by atoms with van der Waals surface area (Å²) in [7, 11) is 0. The van der Waals surface area contributed by atoms with Crippen LogP contribution in [-0.2, 0) is 4.74 Å². The first-order chi connectivity index (χ1) is 6.31. The fourth-order valence-electron chi connectivity index (χ4n) is 1.30. The van der Waals surface area contributed by atoms with Gasteiger partial charge in [0.15, 0.2) is 0 Å².